The Hall–Kier alpha value is -5.90. The van der Waals surface area contributed by atoms with Crippen LogP contribution in [0.5, 0.6) is 0 Å². The van der Waals surface area contributed by atoms with Crippen molar-refractivity contribution in [3.63, 3.8) is 0 Å². The van der Waals surface area contributed by atoms with Gasteiger partial charge in [0.15, 0.2) is 0 Å². The number of piperazine rings is 1. The molecule has 0 spiro atoms. The number of nitrogens with one attached hydrogen (secondary N) is 4. The molecule has 0 unspecified atom stereocenters. The maximum Gasteiger partial charge on any atom is 0.246 e. The van der Waals surface area contributed by atoms with Crippen molar-refractivity contribution < 1.29 is 63.0 Å². The molecule has 0 aliphatic carbocycles. The molecule has 2 rings (SSSR count). The van der Waals surface area contributed by atoms with Crippen molar-refractivity contribution in [3.8, 4) is 0 Å². The number of aliphatic hydroxyl groups excluding tert-OH is 1. The maximum atomic E-state index is 15.5. The van der Waals surface area contributed by atoms with Crippen molar-refractivity contribution in [2.75, 3.05) is 101 Å². The standard InChI is InChI=1S/C72H131N13O13S/c1-26-28-30-48(13)60(86)59-64(90)75-51(27-2)66(92)82(23)56(42-99-38-29-33-85-36-34-77(18)35-37-85)69(95)81(22)55(41-72(16,17)98)63(89)76-57(46(9)10)70(96)78(19)52(32-31-43(3)4)62(88)73-49(14)61(87)74-50(15)65(91)79(20)53(39-44(5)6)67(93)80(21)54(40-45(7)8)68(94)83(24)58(47(11)12)71(97)84(59)25/h26,28,43-60,86,98H,27,29-42H2,1-25H3,(H,73,88)(H,74,87)(H,75,90)(H,76,89)/b28-26+/t48-,49-,50-,51-,52-,53+,54+,55+,56-,57-,58-,59+,60-/m1/s1. The van der Waals surface area contributed by atoms with Gasteiger partial charge in [-0.3, -0.25) is 52.7 Å². The Morgan fingerprint density at radius 3 is 1.49 bits per heavy atom. The van der Waals surface area contributed by atoms with Crippen molar-refractivity contribution in [1.82, 2.24) is 65.4 Å². The number of likely N-dealkylation sites (N-methyl/N-ethyl adjacent to an activating group) is 8. The van der Waals surface area contributed by atoms with Crippen molar-refractivity contribution in [3.05, 3.63) is 12.2 Å². The van der Waals surface area contributed by atoms with Gasteiger partial charge in [-0.25, -0.2) is 0 Å². The third-order valence-electron chi connectivity index (χ3n) is 19.3. The number of nitrogens with zero attached hydrogens (tertiary/aromatic N) is 9. The summed E-state index contributed by atoms with van der Waals surface area (Å²) in [5.41, 5.74) is -1.58. The number of amides is 11. The largest absolute Gasteiger partial charge is 0.390 e. The molecular weight excluding hydrogens is 1290 g/mol. The topological polar surface area (TPSA) is 306 Å². The summed E-state index contributed by atoms with van der Waals surface area (Å²) in [6, 6.07) is -14.4. The van der Waals surface area contributed by atoms with Crippen LogP contribution in [-0.4, -0.2) is 298 Å². The summed E-state index contributed by atoms with van der Waals surface area (Å²) < 4.78 is 0. The summed E-state index contributed by atoms with van der Waals surface area (Å²) in [4.78, 5) is 178. The van der Waals surface area contributed by atoms with Gasteiger partial charge in [0.2, 0.25) is 65.0 Å². The normalized spacial score (nSPS) is 27.0. The lowest BCUT2D eigenvalue weighted by atomic mass is 9.91. The summed E-state index contributed by atoms with van der Waals surface area (Å²) in [5, 5.41) is 35.0. The Morgan fingerprint density at radius 2 is 1.00 bits per heavy atom. The number of carbonyl (C=O) groups is 11. The first-order chi connectivity index (χ1) is 45.9. The SMILES string of the molecule is C/C=C/C[C@@H](C)[C@@H](O)[C@H]1C(=O)N[C@H](CC)C(=O)N(C)[C@H](CSCCCN2CCN(C)CC2)C(=O)N(C)[C@@H](CC(C)(C)O)C(=O)N[C@H](C(C)C)C(=O)N(C)[C@H](CCC(C)C)C(=O)N[C@H](C)C(=O)N[C@H](C)C(=O)N(C)[C@@H](CC(C)C)C(=O)N(C)[C@@H](CC(C)C)C(=O)N(C)[C@H](C(C)C)C(=O)N1C. The van der Waals surface area contributed by atoms with Gasteiger partial charge in [0, 0.05) is 87.7 Å². The molecule has 2 heterocycles. The molecule has 0 aromatic heterocycles. The Bertz CT molecular complexity index is 2700. The number of carbonyl (C=O) groups excluding carboxylic acids is 11. The molecule has 0 saturated carbocycles. The molecule has 26 nitrogen and oxygen atoms in total. The third-order valence-corrected chi connectivity index (χ3v) is 20.5. The average Bonchev–Trinajstić information content (AvgIpc) is 0.807. The van der Waals surface area contributed by atoms with E-state index in [-0.39, 0.29) is 62.0 Å². The highest BCUT2D eigenvalue weighted by Crippen LogP contribution is 2.27. The number of thioether (sulfide) groups is 1. The minimum Gasteiger partial charge on any atom is -0.390 e. The van der Waals surface area contributed by atoms with Crippen LogP contribution in [0.2, 0.25) is 0 Å². The number of hydrogen-bond acceptors (Lipinski definition) is 16. The van der Waals surface area contributed by atoms with Crippen LogP contribution in [-0.2, 0) is 52.7 Å². The van der Waals surface area contributed by atoms with Crippen LogP contribution in [0.15, 0.2) is 12.2 Å². The van der Waals surface area contributed by atoms with Crippen LogP contribution in [0.3, 0.4) is 0 Å². The van der Waals surface area contributed by atoms with Gasteiger partial charge in [-0.15, -0.1) is 0 Å². The quantitative estimate of drug-likeness (QED) is 0.0668. The molecule has 0 aromatic rings. The third kappa shape index (κ3) is 26.5. The lowest BCUT2D eigenvalue weighted by molar-refractivity contribution is -0.157. The van der Waals surface area contributed by atoms with Crippen molar-refractivity contribution in [2.24, 2.45) is 35.5 Å². The second-order valence-corrected chi connectivity index (χ2v) is 31.8. The van der Waals surface area contributed by atoms with Gasteiger partial charge >= 0.3 is 0 Å². The minimum atomic E-state index is -1.66. The molecule has 0 radical (unpaired) electrons. The predicted octanol–water partition coefficient (Wildman–Crippen LogP) is 3.51. The monoisotopic (exact) mass is 1420 g/mol. The minimum absolute atomic E-state index is 0.0222. The smallest absolute Gasteiger partial charge is 0.246 e. The van der Waals surface area contributed by atoms with Gasteiger partial charge < -0.3 is 75.6 Å². The summed E-state index contributed by atoms with van der Waals surface area (Å²) in [5.74, 6) is -9.32. The van der Waals surface area contributed by atoms with Crippen molar-refractivity contribution in [2.45, 2.75) is 247 Å². The van der Waals surface area contributed by atoms with E-state index in [9.17, 15) is 29.4 Å². The van der Waals surface area contributed by atoms with E-state index in [1.807, 2.05) is 47.6 Å². The zero-order chi connectivity index (χ0) is 76.0. The molecule has 0 aromatic carbocycles. The fourth-order valence-electron chi connectivity index (χ4n) is 12.7. The Morgan fingerprint density at radius 1 is 0.525 bits per heavy atom. The van der Waals surface area contributed by atoms with Crippen LogP contribution < -0.4 is 21.3 Å². The van der Waals surface area contributed by atoms with Crippen LogP contribution >= 0.6 is 11.8 Å². The second-order valence-electron chi connectivity index (χ2n) is 30.6. The Balaban J connectivity index is 3.12. The predicted molar refractivity (Wildman–Crippen MR) is 389 cm³/mol. The molecule has 2 fully saturated rings. The summed E-state index contributed by atoms with van der Waals surface area (Å²) in [7, 11) is 12.0. The van der Waals surface area contributed by atoms with E-state index < -0.39 is 161 Å². The Labute approximate surface area is 597 Å². The molecule has 27 heteroatoms. The number of aliphatic hydroxyl groups is 2. The van der Waals surface area contributed by atoms with Crippen molar-refractivity contribution in [1.29, 1.82) is 0 Å². The molecule has 568 valence electrons. The maximum absolute atomic E-state index is 15.5. The average molecular weight is 1420 g/mol. The molecule has 2 aliphatic rings. The highest BCUT2D eigenvalue weighted by atomic mass is 32.2. The lowest BCUT2D eigenvalue weighted by Crippen LogP contribution is -2.64. The summed E-state index contributed by atoms with van der Waals surface area (Å²) in [6.07, 6.45) is 3.64. The van der Waals surface area contributed by atoms with E-state index in [1.54, 1.807) is 54.5 Å². The molecule has 99 heavy (non-hydrogen) atoms. The molecule has 2 aliphatic heterocycles. The Kier molecular flexibility index (Phi) is 37.2. The number of rotatable bonds is 22. The van der Waals surface area contributed by atoms with E-state index in [0.717, 1.165) is 48.9 Å². The molecule has 11 amide bonds. The summed E-state index contributed by atoms with van der Waals surface area (Å²) >= 11 is 1.43. The fraction of sp³-hybridized carbons (Fsp3) is 0.819. The van der Waals surface area contributed by atoms with Gasteiger partial charge in [0.05, 0.1) is 11.7 Å². The van der Waals surface area contributed by atoms with Crippen LogP contribution in [0, 0.1) is 35.5 Å². The zero-order valence-electron chi connectivity index (χ0n) is 65.0. The molecule has 13 atom stereocenters. The highest BCUT2D eigenvalue weighted by Gasteiger charge is 2.47. The summed E-state index contributed by atoms with van der Waals surface area (Å²) in [6.45, 7) is 33.8. The van der Waals surface area contributed by atoms with Crippen LogP contribution in [0.4, 0.5) is 0 Å². The first-order valence-corrected chi connectivity index (χ1v) is 37.1. The number of hydrogen-bond donors (Lipinski definition) is 6. The lowest BCUT2D eigenvalue weighted by Gasteiger charge is -2.41. The van der Waals surface area contributed by atoms with E-state index in [1.165, 1.54) is 113 Å². The van der Waals surface area contributed by atoms with E-state index >= 15 is 33.6 Å². The molecule has 0 bridgehead atoms. The van der Waals surface area contributed by atoms with Gasteiger partial charge in [0.1, 0.15) is 66.5 Å². The van der Waals surface area contributed by atoms with Crippen molar-refractivity contribution >= 4 is 76.7 Å². The van der Waals surface area contributed by atoms with E-state index in [4.69, 9.17) is 0 Å². The van der Waals surface area contributed by atoms with Gasteiger partial charge in [-0.2, -0.15) is 11.8 Å². The first kappa shape index (κ1) is 89.2. The zero-order valence-corrected chi connectivity index (χ0v) is 65.8. The van der Waals surface area contributed by atoms with Crippen LogP contribution in [0.25, 0.3) is 0 Å². The highest BCUT2D eigenvalue weighted by molar-refractivity contribution is 7.99. The van der Waals surface area contributed by atoms with Gasteiger partial charge in [-0.05, 0) is 134 Å². The molecular formula is C72H131N13O13S. The number of allylic oxidation sites excluding steroid dienone is 2. The van der Waals surface area contributed by atoms with Gasteiger partial charge in [-0.1, -0.05) is 95.2 Å². The fourth-order valence-corrected chi connectivity index (χ4v) is 13.8. The molecule has 2 saturated heterocycles. The molecule has 6 N–H and O–H groups in total. The second kappa shape index (κ2) is 41.3. The van der Waals surface area contributed by atoms with Gasteiger partial charge in [0.25, 0.3) is 0 Å². The van der Waals surface area contributed by atoms with E-state index in [2.05, 4.69) is 38.1 Å². The van der Waals surface area contributed by atoms with E-state index in [0.29, 0.717) is 12.2 Å². The first-order valence-electron chi connectivity index (χ1n) is 36.0. The van der Waals surface area contributed by atoms with Crippen LogP contribution in [0.1, 0.15) is 169 Å².